The molecule has 0 aliphatic heterocycles. The first-order chi connectivity index (χ1) is 15.4. The van der Waals surface area contributed by atoms with Gasteiger partial charge in [-0.05, 0) is 42.8 Å². The predicted octanol–water partition coefficient (Wildman–Crippen LogP) is 3.26. The van der Waals surface area contributed by atoms with Crippen LogP contribution in [-0.2, 0) is 16.0 Å². The number of hydrogen-bond acceptors (Lipinski definition) is 2. The van der Waals surface area contributed by atoms with Crippen LogP contribution in [-0.4, -0.2) is 23.0 Å². The highest BCUT2D eigenvalue weighted by Gasteiger charge is 2.30. The average Bonchev–Trinajstić information content (AvgIpc) is 2.70. The van der Waals surface area contributed by atoms with Crippen LogP contribution in [0.3, 0.4) is 0 Å². The minimum atomic E-state index is -4.01. The summed E-state index contributed by atoms with van der Waals surface area (Å²) in [5.74, 6) is -14.0. The number of aliphatic carboxylic acids is 1. The SMILES string of the molecule is [2H]C(Cc1ccccc1)(NC(=O)[C@]1([2H])C([2H])([2H])C([2H])([2H])[C@@]([2H])(C([2H])(C)C)C([2H])([2H])C1([2H])[2H])C(=O)O. The summed E-state index contributed by atoms with van der Waals surface area (Å²) in [6, 6.07) is 4.53. The quantitative estimate of drug-likeness (QED) is 0.842. The van der Waals surface area contributed by atoms with Gasteiger partial charge in [0.2, 0.25) is 5.91 Å². The Kier molecular flexibility index (Phi) is 2.61. The van der Waals surface area contributed by atoms with Crippen molar-refractivity contribution < 1.29 is 31.1 Å². The molecule has 1 aromatic rings. The second kappa shape index (κ2) is 8.14. The van der Waals surface area contributed by atoms with E-state index in [4.69, 9.17) is 16.4 Å². The maximum atomic E-state index is 13.3. The Bertz CT molecular complexity index is 980. The van der Waals surface area contributed by atoms with E-state index in [1.165, 1.54) is 24.3 Å². The lowest BCUT2D eigenvalue weighted by Gasteiger charge is -2.30. The molecule has 1 aromatic carbocycles. The van der Waals surface area contributed by atoms with E-state index in [1.807, 2.05) is 0 Å². The summed E-state index contributed by atoms with van der Waals surface area (Å²) in [7, 11) is 0. The Balaban J connectivity index is 2.74. The predicted molar refractivity (Wildman–Crippen MR) is 90.0 cm³/mol. The van der Waals surface area contributed by atoms with Gasteiger partial charge in [-0.15, -0.1) is 0 Å². The van der Waals surface area contributed by atoms with Crippen molar-refractivity contribution in [3.05, 3.63) is 35.9 Å². The normalized spacial score (nSPS) is 47.2. The van der Waals surface area contributed by atoms with Crippen LogP contribution in [0.4, 0.5) is 0 Å². The number of carboxylic acids is 1. The molecule has 0 aromatic heterocycles. The summed E-state index contributed by atoms with van der Waals surface area (Å²) in [5, 5.41) is 11.3. The van der Waals surface area contributed by atoms with E-state index in [-0.39, 0.29) is 5.56 Å². The summed E-state index contributed by atoms with van der Waals surface area (Å²) >= 11 is 0. The Morgan fingerprint density at radius 3 is 2.43 bits per heavy atom. The zero-order valence-corrected chi connectivity index (χ0v) is 12.9. The number of amides is 1. The Morgan fingerprint density at radius 1 is 1.30 bits per heavy atom. The van der Waals surface area contributed by atoms with Gasteiger partial charge < -0.3 is 10.4 Å². The third-order valence-corrected chi connectivity index (χ3v) is 3.10. The first-order valence-corrected chi connectivity index (χ1v) is 7.00. The van der Waals surface area contributed by atoms with Gasteiger partial charge in [0, 0.05) is 27.4 Å². The molecule has 1 saturated carbocycles. The maximum absolute atomic E-state index is 13.3. The summed E-state index contributed by atoms with van der Waals surface area (Å²) in [4.78, 5) is 25.2. The van der Waals surface area contributed by atoms with Crippen molar-refractivity contribution in [1.82, 2.24) is 5.32 Å². The summed E-state index contributed by atoms with van der Waals surface area (Å²) in [6.07, 6.45) is -16.3. The fraction of sp³-hybridized carbons (Fsp3) is 0.579. The minimum Gasteiger partial charge on any atom is -0.480 e. The van der Waals surface area contributed by atoms with Gasteiger partial charge in [-0.2, -0.15) is 0 Å². The molecule has 0 radical (unpaired) electrons. The van der Waals surface area contributed by atoms with E-state index in [1.54, 1.807) is 11.4 Å². The molecule has 1 fully saturated rings. The minimum absolute atomic E-state index is 0.241. The van der Waals surface area contributed by atoms with Gasteiger partial charge in [0.15, 0.2) is 0 Å². The highest BCUT2D eigenvalue weighted by Crippen LogP contribution is 2.33. The molecule has 23 heavy (non-hydrogen) atoms. The Morgan fingerprint density at radius 2 is 1.91 bits per heavy atom. The lowest BCUT2D eigenvalue weighted by molar-refractivity contribution is -0.142. The van der Waals surface area contributed by atoms with E-state index < -0.39 is 67.5 Å². The summed E-state index contributed by atoms with van der Waals surface area (Å²) < 4.78 is 100. The van der Waals surface area contributed by atoms with E-state index in [0.717, 1.165) is 13.8 Å². The molecular weight excluding hydrogens is 290 g/mol. The topological polar surface area (TPSA) is 66.4 Å². The molecule has 4 heteroatoms. The zero-order chi connectivity index (χ0) is 27.7. The molecule has 4 nitrogen and oxygen atoms in total. The van der Waals surface area contributed by atoms with E-state index in [0.29, 0.717) is 0 Å². The Hall–Kier alpha value is -1.84. The van der Waals surface area contributed by atoms with Crippen LogP contribution in [0.1, 0.15) is 61.4 Å². The van der Waals surface area contributed by atoms with Crippen molar-refractivity contribution in [2.24, 2.45) is 17.7 Å². The van der Waals surface area contributed by atoms with Crippen LogP contribution in [0.5, 0.6) is 0 Å². The Labute approximate surface area is 155 Å². The second-order valence-corrected chi connectivity index (χ2v) is 5.15. The van der Waals surface area contributed by atoms with Crippen molar-refractivity contribution in [2.75, 3.05) is 0 Å². The molecule has 2 N–H and O–H groups in total. The standard InChI is InChI=1S/C19H27NO3/c1-13(2)15-8-10-16(11-9-15)18(21)20-17(19(22)23)12-14-6-4-3-5-7-14/h3-7,13,15-17H,8-12H2,1-2H3,(H,20,21)(H,22,23)/t15-,16-,17?/i8D2,9D2,10D2,11D2,13D,15D,16D,17D. The van der Waals surface area contributed by atoms with Crippen LogP contribution < -0.4 is 5.32 Å². The molecule has 0 bridgehead atoms. The second-order valence-electron chi connectivity index (χ2n) is 5.15. The van der Waals surface area contributed by atoms with Crippen molar-refractivity contribution in [3.63, 3.8) is 0 Å². The van der Waals surface area contributed by atoms with Crippen LogP contribution >= 0.6 is 0 Å². The molecule has 0 spiro atoms. The molecule has 1 aliphatic rings. The van der Waals surface area contributed by atoms with Crippen LogP contribution in [0.15, 0.2) is 30.3 Å². The van der Waals surface area contributed by atoms with Crippen molar-refractivity contribution in [2.45, 2.75) is 51.8 Å². The monoisotopic (exact) mass is 329 g/mol. The van der Waals surface area contributed by atoms with Gasteiger partial charge in [-0.25, -0.2) is 4.79 Å². The third kappa shape index (κ3) is 5.08. The largest absolute Gasteiger partial charge is 0.480 e. The number of hydrogen-bond donors (Lipinski definition) is 2. The molecule has 1 atom stereocenters. The van der Waals surface area contributed by atoms with Crippen LogP contribution in [0, 0.1) is 17.7 Å². The lowest BCUT2D eigenvalue weighted by Crippen LogP contribution is -2.45. The first kappa shape index (κ1) is 7.37. The van der Waals surface area contributed by atoms with Gasteiger partial charge in [0.1, 0.15) is 6.02 Å². The van der Waals surface area contributed by atoms with Crippen LogP contribution in [0.2, 0.25) is 0 Å². The van der Waals surface area contributed by atoms with Gasteiger partial charge in [-0.3, -0.25) is 4.79 Å². The number of carboxylic acid groups (broad SMARTS) is 1. The molecule has 1 aliphatic carbocycles. The zero-order valence-electron chi connectivity index (χ0n) is 24.9. The smallest absolute Gasteiger partial charge is 0.326 e. The van der Waals surface area contributed by atoms with E-state index >= 15 is 0 Å². The molecular formula is C19H27NO3. The third-order valence-electron chi connectivity index (χ3n) is 3.10. The van der Waals surface area contributed by atoms with Crippen molar-refractivity contribution >= 4 is 11.9 Å². The lowest BCUT2D eigenvalue weighted by atomic mass is 9.76. The maximum Gasteiger partial charge on any atom is 0.326 e. The van der Waals surface area contributed by atoms with Crippen LogP contribution in [0.25, 0.3) is 0 Å². The molecule has 1 amide bonds. The van der Waals surface area contributed by atoms with Gasteiger partial charge in [-0.1, -0.05) is 44.2 Å². The molecule has 2 rings (SSSR count). The fourth-order valence-electron chi connectivity index (χ4n) is 1.85. The summed E-state index contributed by atoms with van der Waals surface area (Å²) in [6.45, 7) is 1.77. The highest BCUT2D eigenvalue weighted by atomic mass is 16.4. The first-order valence-electron chi connectivity index (χ1n) is 13.0. The van der Waals surface area contributed by atoms with E-state index in [2.05, 4.69) is 0 Å². The number of nitrogens with one attached hydrogen (secondary N) is 1. The van der Waals surface area contributed by atoms with Crippen molar-refractivity contribution in [1.29, 1.82) is 0 Å². The van der Waals surface area contributed by atoms with Crippen molar-refractivity contribution in [3.8, 4) is 0 Å². The van der Waals surface area contributed by atoms with Gasteiger partial charge in [0.25, 0.3) is 0 Å². The number of benzene rings is 1. The molecule has 0 saturated heterocycles. The number of carbonyl (C=O) groups excluding carboxylic acids is 1. The molecule has 126 valence electrons. The summed E-state index contributed by atoms with van der Waals surface area (Å²) in [5.41, 5.74) is 0.241. The van der Waals surface area contributed by atoms with E-state index in [9.17, 15) is 14.7 Å². The van der Waals surface area contributed by atoms with Gasteiger partial charge in [0.05, 0.1) is 1.37 Å². The number of rotatable bonds is 6. The average molecular weight is 330 g/mol. The molecule has 1 unspecified atom stereocenters. The fourth-order valence-corrected chi connectivity index (χ4v) is 1.85. The number of carbonyl (C=O) groups is 2. The highest BCUT2D eigenvalue weighted by molar-refractivity contribution is 5.85. The molecule has 0 heterocycles. The van der Waals surface area contributed by atoms with Gasteiger partial charge >= 0.3 is 5.97 Å².